The number of aromatic hydroxyl groups is 3. The molecule has 0 heterocycles. The molecule has 0 atom stereocenters. The maximum absolute atomic E-state index is 10.2. The highest BCUT2D eigenvalue weighted by atomic mass is 16.5. The van der Waals surface area contributed by atoms with Crippen LogP contribution in [0.5, 0.6) is 23.0 Å². The van der Waals surface area contributed by atoms with E-state index in [9.17, 15) is 15.3 Å². The number of methoxy groups -OCH3 is 1. The standard InChI is InChI=1S/C20H17NO4/c1-25-17-9-2-13(3-10-17)20(18-11-8-16(23)12-19(18)24)21-14-4-6-15(22)7-5-14/h2-12,22-24H,1H3. The smallest absolute Gasteiger partial charge is 0.128 e. The molecule has 0 aliphatic carbocycles. The minimum Gasteiger partial charge on any atom is -0.508 e. The topological polar surface area (TPSA) is 82.3 Å². The monoisotopic (exact) mass is 335 g/mol. The Kier molecular flexibility index (Phi) is 4.57. The van der Waals surface area contributed by atoms with E-state index in [1.807, 2.05) is 12.1 Å². The van der Waals surface area contributed by atoms with Crippen LogP contribution in [0.25, 0.3) is 0 Å². The molecule has 0 bridgehead atoms. The van der Waals surface area contributed by atoms with Gasteiger partial charge < -0.3 is 20.1 Å². The fourth-order valence-corrected chi connectivity index (χ4v) is 2.41. The van der Waals surface area contributed by atoms with Gasteiger partial charge in [0.25, 0.3) is 0 Å². The third kappa shape index (κ3) is 3.72. The van der Waals surface area contributed by atoms with Gasteiger partial charge in [0.15, 0.2) is 0 Å². The molecule has 0 aromatic heterocycles. The number of nitrogens with zero attached hydrogens (tertiary/aromatic N) is 1. The molecular formula is C20H17NO4. The second kappa shape index (κ2) is 6.97. The van der Waals surface area contributed by atoms with Crippen LogP contribution < -0.4 is 4.74 Å². The first-order valence-electron chi connectivity index (χ1n) is 7.61. The molecule has 0 fully saturated rings. The SMILES string of the molecule is COc1ccc(C(=Nc2ccc(O)cc2)c2ccc(O)cc2O)cc1. The van der Waals surface area contributed by atoms with Crippen LogP contribution in [0.1, 0.15) is 11.1 Å². The van der Waals surface area contributed by atoms with Gasteiger partial charge in [0, 0.05) is 17.2 Å². The summed E-state index contributed by atoms with van der Waals surface area (Å²) in [6.07, 6.45) is 0. The Hall–Kier alpha value is -3.47. The van der Waals surface area contributed by atoms with Crippen molar-refractivity contribution in [2.45, 2.75) is 0 Å². The number of ether oxygens (including phenoxy) is 1. The molecule has 0 saturated carbocycles. The Balaban J connectivity index is 2.14. The van der Waals surface area contributed by atoms with Gasteiger partial charge in [-0.05, 0) is 60.7 Å². The fourth-order valence-electron chi connectivity index (χ4n) is 2.41. The van der Waals surface area contributed by atoms with Gasteiger partial charge in [0.2, 0.25) is 0 Å². The lowest BCUT2D eigenvalue weighted by atomic mass is 10.0. The molecule has 3 aromatic carbocycles. The third-order valence-corrected chi connectivity index (χ3v) is 3.69. The minimum absolute atomic E-state index is 0.0278. The second-order valence-electron chi connectivity index (χ2n) is 5.41. The molecule has 3 rings (SSSR count). The Morgan fingerprint density at radius 2 is 1.44 bits per heavy atom. The van der Waals surface area contributed by atoms with Gasteiger partial charge in [0.05, 0.1) is 18.5 Å². The molecule has 0 radical (unpaired) electrons. The molecule has 5 nitrogen and oxygen atoms in total. The first-order valence-corrected chi connectivity index (χ1v) is 7.61. The molecule has 0 aliphatic rings. The molecule has 3 N–H and O–H groups in total. The quantitative estimate of drug-likeness (QED) is 0.630. The normalized spacial score (nSPS) is 11.3. The van der Waals surface area contributed by atoms with E-state index < -0.39 is 0 Å². The average Bonchev–Trinajstić information content (AvgIpc) is 2.62. The van der Waals surface area contributed by atoms with Crippen LogP contribution >= 0.6 is 0 Å². The Morgan fingerprint density at radius 3 is 2.04 bits per heavy atom. The highest BCUT2D eigenvalue weighted by Crippen LogP contribution is 2.28. The molecular weight excluding hydrogens is 318 g/mol. The van der Waals surface area contributed by atoms with E-state index in [2.05, 4.69) is 4.99 Å². The van der Waals surface area contributed by atoms with Gasteiger partial charge in [-0.1, -0.05) is 0 Å². The summed E-state index contributed by atoms with van der Waals surface area (Å²) in [6, 6.07) is 18.1. The number of phenolic OH excluding ortho intramolecular Hbond substituents is 3. The summed E-state index contributed by atoms with van der Waals surface area (Å²) in [5.41, 5.74) is 2.41. The van der Waals surface area contributed by atoms with Crippen molar-refractivity contribution in [1.29, 1.82) is 0 Å². The molecule has 3 aromatic rings. The number of hydrogen-bond donors (Lipinski definition) is 3. The maximum atomic E-state index is 10.2. The molecule has 0 amide bonds. The average molecular weight is 335 g/mol. The number of aliphatic imine (C=N–C) groups is 1. The molecule has 0 spiro atoms. The summed E-state index contributed by atoms with van der Waals surface area (Å²) in [5, 5.41) is 29.2. The largest absolute Gasteiger partial charge is 0.508 e. The van der Waals surface area contributed by atoms with E-state index in [0.717, 1.165) is 5.56 Å². The van der Waals surface area contributed by atoms with Gasteiger partial charge in [-0.2, -0.15) is 0 Å². The van der Waals surface area contributed by atoms with E-state index in [0.29, 0.717) is 22.7 Å². The Labute approximate surface area is 145 Å². The Bertz CT molecular complexity index is 900. The van der Waals surface area contributed by atoms with E-state index in [1.165, 1.54) is 12.1 Å². The van der Waals surface area contributed by atoms with Gasteiger partial charge >= 0.3 is 0 Å². The van der Waals surface area contributed by atoms with E-state index in [1.54, 1.807) is 49.6 Å². The van der Waals surface area contributed by atoms with E-state index in [-0.39, 0.29) is 17.2 Å². The van der Waals surface area contributed by atoms with Gasteiger partial charge in [0.1, 0.15) is 23.0 Å². The fraction of sp³-hybridized carbons (Fsp3) is 0.0500. The molecule has 126 valence electrons. The van der Waals surface area contributed by atoms with Crippen molar-refractivity contribution in [2.75, 3.05) is 7.11 Å². The van der Waals surface area contributed by atoms with Crippen molar-refractivity contribution in [1.82, 2.24) is 0 Å². The van der Waals surface area contributed by atoms with Crippen LogP contribution in [-0.2, 0) is 0 Å². The molecule has 25 heavy (non-hydrogen) atoms. The van der Waals surface area contributed by atoms with Gasteiger partial charge in [-0.15, -0.1) is 0 Å². The summed E-state index contributed by atoms with van der Waals surface area (Å²) in [7, 11) is 1.59. The first kappa shape index (κ1) is 16.4. The van der Waals surface area contributed by atoms with Crippen molar-refractivity contribution in [3.05, 3.63) is 77.9 Å². The lowest BCUT2D eigenvalue weighted by Crippen LogP contribution is -2.03. The van der Waals surface area contributed by atoms with E-state index in [4.69, 9.17) is 4.74 Å². The van der Waals surface area contributed by atoms with Gasteiger partial charge in [-0.25, -0.2) is 4.99 Å². The van der Waals surface area contributed by atoms with Crippen LogP contribution in [0.3, 0.4) is 0 Å². The summed E-state index contributed by atoms with van der Waals surface area (Å²) in [6.45, 7) is 0. The predicted octanol–water partition coefficient (Wildman–Crippen LogP) is 3.98. The summed E-state index contributed by atoms with van der Waals surface area (Å²) in [4.78, 5) is 4.61. The zero-order valence-electron chi connectivity index (χ0n) is 13.5. The number of benzene rings is 3. The highest BCUT2D eigenvalue weighted by Gasteiger charge is 2.13. The van der Waals surface area contributed by atoms with Crippen molar-refractivity contribution < 1.29 is 20.1 Å². The van der Waals surface area contributed by atoms with Crippen LogP contribution in [0.15, 0.2) is 71.7 Å². The maximum Gasteiger partial charge on any atom is 0.128 e. The van der Waals surface area contributed by atoms with Crippen LogP contribution in [-0.4, -0.2) is 28.1 Å². The lowest BCUT2D eigenvalue weighted by molar-refractivity contribution is 0.415. The van der Waals surface area contributed by atoms with Crippen LogP contribution in [0.4, 0.5) is 5.69 Å². The van der Waals surface area contributed by atoms with E-state index >= 15 is 0 Å². The molecule has 5 heteroatoms. The van der Waals surface area contributed by atoms with Crippen LogP contribution in [0, 0.1) is 0 Å². The van der Waals surface area contributed by atoms with Crippen molar-refractivity contribution in [3.8, 4) is 23.0 Å². The second-order valence-corrected chi connectivity index (χ2v) is 5.41. The minimum atomic E-state index is -0.0756. The number of hydrogen-bond acceptors (Lipinski definition) is 5. The highest BCUT2D eigenvalue weighted by molar-refractivity contribution is 6.15. The summed E-state index contributed by atoms with van der Waals surface area (Å²) < 4.78 is 5.18. The summed E-state index contributed by atoms with van der Waals surface area (Å²) in [5.74, 6) is 0.758. The number of rotatable bonds is 4. The van der Waals surface area contributed by atoms with Crippen LogP contribution in [0.2, 0.25) is 0 Å². The molecule has 0 saturated heterocycles. The van der Waals surface area contributed by atoms with Crippen molar-refractivity contribution in [2.24, 2.45) is 4.99 Å². The third-order valence-electron chi connectivity index (χ3n) is 3.69. The molecule has 0 aliphatic heterocycles. The van der Waals surface area contributed by atoms with Gasteiger partial charge in [-0.3, -0.25) is 0 Å². The van der Waals surface area contributed by atoms with Crippen molar-refractivity contribution in [3.63, 3.8) is 0 Å². The zero-order chi connectivity index (χ0) is 17.8. The summed E-state index contributed by atoms with van der Waals surface area (Å²) >= 11 is 0. The van der Waals surface area contributed by atoms with Crippen molar-refractivity contribution >= 4 is 11.4 Å². The zero-order valence-corrected chi connectivity index (χ0v) is 13.5. The number of phenols is 3. The lowest BCUT2D eigenvalue weighted by Gasteiger charge is -2.11. The Morgan fingerprint density at radius 1 is 0.800 bits per heavy atom. The molecule has 0 unspecified atom stereocenters. The predicted molar refractivity (Wildman–Crippen MR) is 96.2 cm³/mol. The first-order chi connectivity index (χ1) is 12.1.